The van der Waals surface area contributed by atoms with Gasteiger partial charge in [-0.25, -0.2) is 4.79 Å². The Morgan fingerprint density at radius 3 is 2.35 bits per heavy atom. The molecule has 1 unspecified atom stereocenters. The third kappa shape index (κ3) is 6.52. The summed E-state index contributed by atoms with van der Waals surface area (Å²) in [5.74, 6) is -2.06. The van der Waals surface area contributed by atoms with Crippen molar-refractivity contribution in [1.29, 1.82) is 0 Å². The lowest BCUT2D eigenvalue weighted by Gasteiger charge is -2.23. The maximum Gasteiger partial charge on any atom is 0.331 e. The van der Waals surface area contributed by atoms with Crippen molar-refractivity contribution in [1.82, 2.24) is 0 Å². The van der Waals surface area contributed by atoms with Crippen LogP contribution in [0.15, 0.2) is 23.8 Å². The molecule has 3 N–H and O–H groups in total. The second kappa shape index (κ2) is 9.31. The van der Waals surface area contributed by atoms with E-state index in [1.54, 1.807) is 0 Å². The van der Waals surface area contributed by atoms with Crippen LogP contribution >= 0.6 is 0 Å². The lowest BCUT2D eigenvalue weighted by molar-refractivity contribution is -0.145. The van der Waals surface area contributed by atoms with Crippen molar-refractivity contribution in [2.45, 2.75) is 46.0 Å². The molecule has 0 heterocycles. The highest BCUT2D eigenvalue weighted by Gasteiger charge is 2.34. The highest BCUT2D eigenvalue weighted by molar-refractivity contribution is 5.90. The van der Waals surface area contributed by atoms with Gasteiger partial charge in [0, 0.05) is 12.2 Å². The quantitative estimate of drug-likeness (QED) is 0.652. The predicted octanol–water partition coefficient (Wildman–Crippen LogP) is 2.61. The summed E-state index contributed by atoms with van der Waals surface area (Å²) < 4.78 is 0. The van der Waals surface area contributed by atoms with Crippen LogP contribution in [0.4, 0.5) is 0 Å². The number of allylic oxidation sites excluding steroid dienone is 2. The number of aliphatic hydroxyl groups is 1. The molecular weight excluding hydrogens is 260 g/mol. The number of aliphatic hydroxyl groups excluding tert-OH is 1. The zero-order chi connectivity index (χ0) is 15.6. The molecule has 0 saturated carbocycles. The molecule has 0 aliphatic heterocycles. The minimum absolute atomic E-state index is 0.0359. The third-order valence-electron chi connectivity index (χ3n) is 3.09. The van der Waals surface area contributed by atoms with Gasteiger partial charge in [0.05, 0.1) is 5.41 Å². The average Bonchev–Trinajstić information content (AvgIpc) is 2.40. The molecule has 5 nitrogen and oxygen atoms in total. The fourth-order valence-corrected chi connectivity index (χ4v) is 1.72. The summed E-state index contributed by atoms with van der Waals surface area (Å²) in [6.45, 7) is 4.03. The molecule has 1 atom stereocenters. The summed E-state index contributed by atoms with van der Waals surface area (Å²) in [5.41, 5.74) is -0.949. The molecule has 0 bridgehead atoms. The Labute approximate surface area is 119 Å². The Bertz CT molecular complexity index is 380. The largest absolute Gasteiger partial charge is 0.481 e. The Balaban J connectivity index is 0.000000441. The molecule has 5 heteroatoms. The standard InChI is InChI=1S/C9H10O4.C6H14O/c1-9(8(12)13)4-2-3-6(5-9)7(10)11;1-2-3-4-5-6-7/h2-4H,5H2,1H3,(H,10,11)(H,12,13);7H,2-6H2,1H3. The predicted molar refractivity (Wildman–Crippen MR) is 76.4 cm³/mol. The number of carboxylic acid groups (broad SMARTS) is 2. The van der Waals surface area contributed by atoms with Gasteiger partial charge in [-0.05, 0) is 19.8 Å². The van der Waals surface area contributed by atoms with Crippen molar-refractivity contribution in [3.63, 3.8) is 0 Å². The minimum atomic E-state index is -1.08. The van der Waals surface area contributed by atoms with Gasteiger partial charge in [0.25, 0.3) is 0 Å². The number of unbranched alkanes of at least 4 members (excludes halogenated alkanes) is 3. The lowest BCUT2D eigenvalue weighted by atomic mass is 9.80. The van der Waals surface area contributed by atoms with Gasteiger partial charge in [0.1, 0.15) is 0 Å². The van der Waals surface area contributed by atoms with Gasteiger partial charge in [-0.1, -0.05) is 44.4 Å². The number of carboxylic acids is 2. The molecule has 0 aromatic carbocycles. The number of hydrogen-bond donors (Lipinski definition) is 3. The van der Waals surface area contributed by atoms with Gasteiger partial charge in [0.2, 0.25) is 0 Å². The van der Waals surface area contributed by atoms with Gasteiger partial charge in [-0.15, -0.1) is 0 Å². The van der Waals surface area contributed by atoms with Crippen molar-refractivity contribution in [2.75, 3.05) is 6.61 Å². The SMILES string of the molecule is CC1(C(=O)O)C=CC=C(C(=O)O)C1.CCCCCCO. The molecule has 0 aromatic rings. The lowest BCUT2D eigenvalue weighted by Crippen LogP contribution is -2.28. The first-order chi connectivity index (χ1) is 9.37. The molecule has 0 radical (unpaired) electrons. The van der Waals surface area contributed by atoms with Crippen LogP contribution in [0.2, 0.25) is 0 Å². The molecule has 1 rings (SSSR count). The molecule has 0 fully saturated rings. The van der Waals surface area contributed by atoms with Crippen molar-refractivity contribution in [3.05, 3.63) is 23.8 Å². The van der Waals surface area contributed by atoms with Crippen molar-refractivity contribution < 1.29 is 24.9 Å². The smallest absolute Gasteiger partial charge is 0.331 e. The van der Waals surface area contributed by atoms with E-state index in [4.69, 9.17) is 15.3 Å². The second-order valence-electron chi connectivity index (χ2n) is 5.04. The zero-order valence-corrected chi connectivity index (χ0v) is 12.1. The van der Waals surface area contributed by atoms with Gasteiger partial charge < -0.3 is 15.3 Å². The van der Waals surface area contributed by atoms with Gasteiger partial charge >= 0.3 is 11.9 Å². The first-order valence-corrected chi connectivity index (χ1v) is 6.83. The molecule has 0 spiro atoms. The van der Waals surface area contributed by atoms with Crippen LogP contribution < -0.4 is 0 Å². The number of carbonyl (C=O) groups is 2. The number of rotatable bonds is 6. The van der Waals surface area contributed by atoms with Crippen LogP contribution in [0.25, 0.3) is 0 Å². The van der Waals surface area contributed by atoms with E-state index in [0.717, 1.165) is 6.42 Å². The van der Waals surface area contributed by atoms with E-state index in [-0.39, 0.29) is 12.0 Å². The van der Waals surface area contributed by atoms with Crippen LogP contribution in [-0.4, -0.2) is 33.9 Å². The zero-order valence-electron chi connectivity index (χ0n) is 12.1. The first kappa shape index (κ1) is 18.4. The molecule has 1 aliphatic rings. The van der Waals surface area contributed by atoms with E-state index in [0.29, 0.717) is 6.61 Å². The topological polar surface area (TPSA) is 94.8 Å². The number of aliphatic carboxylic acids is 2. The summed E-state index contributed by atoms with van der Waals surface area (Å²) in [7, 11) is 0. The maximum atomic E-state index is 10.8. The van der Waals surface area contributed by atoms with E-state index in [9.17, 15) is 9.59 Å². The highest BCUT2D eigenvalue weighted by Crippen LogP contribution is 2.31. The molecule has 0 amide bonds. The Kier molecular flexibility index (Phi) is 8.56. The molecule has 0 saturated heterocycles. The summed E-state index contributed by atoms with van der Waals surface area (Å²) in [4.78, 5) is 21.3. The Morgan fingerprint density at radius 2 is 1.90 bits per heavy atom. The van der Waals surface area contributed by atoms with Crippen LogP contribution in [0, 0.1) is 5.41 Å². The van der Waals surface area contributed by atoms with Crippen LogP contribution in [0.5, 0.6) is 0 Å². The molecular formula is C15H24O5. The summed E-state index contributed by atoms with van der Waals surface area (Å²) >= 11 is 0. The average molecular weight is 284 g/mol. The minimum Gasteiger partial charge on any atom is -0.481 e. The van der Waals surface area contributed by atoms with Crippen LogP contribution in [0.1, 0.15) is 46.0 Å². The van der Waals surface area contributed by atoms with E-state index >= 15 is 0 Å². The monoisotopic (exact) mass is 284 g/mol. The Hall–Kier alpha value is -1.62. The molecule has 114 valence electrons. The summed E-state index contributed by atoms with van der Waals surface area (Å²) in [6, 6.07) is 0. The Morgan fingerprint density at radius 1 is 1.25 bits per heavy atom. The maximum absolute atomic E-state index is 10.8. The van der Waals surface area contributed by atoms with E-state index in [1.165, 1.54) is 44.4 Å². The number of hydrogen-bond acceptors (Lipinski definition) is 3. The van der Waals surface area contributed by atoms with Gasteiger partial charge in [-0.3, -0.25) is 4.79 Å². The molecule has 0 aromatic heterocycles. The fourth-order valence-electron chi connectivity index (χ4n) is 1.72. The van der Waals surface area contributed by atoms with Crippen molar-refractivity contribution in [2.24, 2.45) is 5.41 Å². The van der Waals surface area contributed by atoms with E-state index in [2.05, 4.69) is 6.92 Å². The first-order valence-electron chi connectivity index (χ1n) is 6.83. The fraction of sp³-hybridized carbons (Fsp3) is 0.600. The van der Waals surface area contributed by atoms with Crippen molar-refractivity contribution >= 4 is 11.9 Å². The van der Waals surface area contributed by atoms with E-state index < -0.39 is 17.4 Å². The molecule has 20 heavy (non-hydrogen) atoms. The van der Waals surface area contributed by atoms with Crippen molar-refractivity contribution in [3.8, 4) is 0 Å². The molecule has 1 aliphatic carbocycles. The second-order valence-corrected chi connectivity index (χ2v) is 5.04. The summed E-state index contributed by atoms with van der Waals surface area (Å²) in [6.07, 6.45) is 9.12. The summed E-state index contributed by atoms with van der Waals surface area (Å²) in [5, 5.41) is 25.8. The van der Waals surface area contributed by atoms with Crippen LogP contribution in [0.3, 0.4) is 0 Å². The highest BCUT2D eigenvalue weighted by atomic mass is 16.4. The van der Waals surface area contributed by atoms with E-state index in [1.807, 2.05) is 0 Å². The van der Waals surface area contributed by atoms with Gasteiger partial charge in [-0.2, -0.15) is 0 Å². The third-order valence-corrected chi connectivity index (χ3v) is 3.09. The normalized spacial score (nSPS) is 20.6. The van der Waals surface area contributed by atoms with Gasteiger partial charge in [0.15, 0.2) is 0 Å². The van der Waals surface area contributed by atoms with Crippen LogP contribution in [-0.2, 0) is 9.59 Å².